The van der Waals surface area contributed by atoms with Crippen molar-refractivity contribution in [3.05, 3.63) is 65.0 Å². The number of aromatic nitrogens is 1. The van der Waals surface area contributed by atoms with Crippen LogP contribution in [0.5, 0.6) is 0 Å². The minimum atomic E-state index is -3.71. The van der Waals surface area contributed by atoms with Gasteiger partial charge in [0.15, 0.2) is 11.7 Å². The third-order valence-corrected chi connectivity index (χ3v) is 6.92. The molecule has 1 aromatic heterocycles. The Morgan fingerprint density at radius 2 is 1.91 bits per heavy atom. The lowest BCUT2D eigenvalue weighted by Crippen LogP contribution is -2.28. The quantitative estimate of drug-likeness (QED) is 0.518. The van der Waals surface area contributed by atoms with Gasteiger partial charge in [0.05, 0.1) is 10.6 Å². The number of hydrogen-bond acceptors (Lipinski definition) is 8. The molecule has 0 aliphatic carbocycles. The van der Waals surface area contributed by atoms with Crippen LogP contribution in [0.4, 0.5) is 5.13 Å². The third-order valence-electron chi connectivity index (χ3n) is 4.77. The van der Waals surface area contributed by atoms with Crippen molar-refractivity contribution in [3.63, 3.8) is 0 Å². The molecule has 170 valence electrons. The van der Waals surface area contributed by atoms with E-state index in [0.29, 0.717) is 10.7 Å². The van der Waals surface area contributed by atoms with Crippen LogP contribution in [-0.2, 0) is 24.3 Å². The lowest BCUT2D eigenvalue weighted by Gasteiger charge is -2.09. The molecule has 0 radical (unpaired) electrons. The lowest BCUT2D eigenvalue weighted by molar-refractivity contribution is -0.148. The van der Waals surface area contributed by atoms with E-state index in [2.05, 4.69) is 20.0 Å². The fourth-order valence-corrected chi connectivity index (χ4v) is 5.05. The maximum atomic E-state index is 12.3. The third kappa shape index (κ3) is 5.10. The normalized spacial score (nSPS) is 16.0. The predicted molar refractivity (Wildman–Crippen MR) is 125 cm³/mol. The van der Waals surface area contributed by atoms with Crippen molar-refractivity contribution in [3.8, 4) is 11.3 Å². The molecule has 2 aromatic carbocycles. The number of ether oxygens (including phenoxy) is 1. The van der Waals surface area contributed by atoms with E-state index in [4.69, 9.17) is 4.74 Å². The molecule has 11 heteroatoms. The maximum absolute atomic E-state index is 12.3. The smallest absolute Gasteiger partial charge is 0.331 e. The van der Waals surface area contributed by atoms with Gasteiger partial charge in [-0.3, -0.25) is 19.8 Å². The second-order valence-corrected chi connectivity index (χ2v) is 9.82. The standard InChI is InChI=1S/C22H20N4O5S2/c1-13-7-9-15(10-8-13)17-12-32-22(24-17)25-19(27)11-31-21(28)14(2)23-20-16-5-3-4-6-18(16)33(29,30)26-20/h3-10,12,14H,11H2,1-2H3,(H,23,26)(H,24,25,27)/t14-/m0/s1. The average Bonchev–Trinajstić information content (AvgIpc) is 3.35. The Balaban J connectivity index is 1.33. The van der Waals surface area contributed by atoms with Gasteiger partial charge in [-0.05, 0) is 26.0 Å². The van der Waals surface area contributed by atoms with Gasteiger partial charge in [-0.2, -0.15) is 0 Å². The molecule has 0 spiro atoms. The van der Waals surface area contributed by atoms with Crippen LogP contribution in [0.3, 0.4) is 0 Å². The van der Waals surface area contributed by atoms with Crippen molar-refractivity contribution in [1.82, 2.24) is 9.71 Å². The number of aryl methyl sites for hydroxylation is 1. The van der Waals surface area contributed by atoms with E-state index in [9.17, 15) is 18.0 Å². The average molecular weight is 485 g/mol. The number of hydrogen-bond donors (Lipinski definition) is 2. The summed E-state index contributed by atoms with van der Waals surface area (Å²) in [5, 5.41) is 4.81. The summed E-state index contributed by atoms with van der Waals surface area (Å²) in [6.45, 7) is 2.93. The molecular weight excluding hydrogens is 464 g/mol. The molecule has 1 amide bonds. The van der Waals surface area contributed by atoms with Gasteiger partial charge in [0.25, 0.3) is 15.9 Å². The van der Waals surface area contributed by atoms with Gasteiger partial charge >= 0.3 is 5.97 Å². The summed E-state index contributed by atoms with van der Waals surface area (Å²) in [5.41, 5.74) is 3.18. The van der Waals surface area contributed by atoms with Crippen LogP contribution in [0, 0.1) is 6.92 Å². The second kappa shape index (κ2) is 9.12. The topological polar surface area (TPSA) is 127 Å². The van der Waals surface area contributed by atoms with Gasteiger partial charge < -0.3 is 4.74 Å². The first-order chi connectivity index (χ1) is 15.7. The molecule has 0 bridgehead atoms. The number of rotatable bonds is 6. The second-order valence-electron chi connectivity index (χ2n) is 7.32. The number of esters is 1. The van der Waals surface area contributed by atoms with Gasteiger partial charge in [0.1, 0.15) is 11.9 Å². The molecule has 0 saturated heterocycles. The van der Waals surface area contributed by atoms with Crippen molar-refractivity contribution in [2.24, 2.45) is 4.99 Å². The first-order valence-electron chi connectivity index (χ1n) is 9.92. The Bertz CT molecular complexity index is 1350. The number of thiazole rings is 1. The summed E-state index contributed by atoms with van der Waals surface area (Å²) in [6, 6.07) is 13.2. The lowest BCUT2D eigenvalue weighted by atomic mass is 10.1. The van der Waals surface area contributed by atoms with E-state index in [1.165, 1.54) is 24.3 Å². The van der Waals surface area contributed by atoms with Gasteiger partial charge in [-0.25, -0.2) is 18.2 Å². The molecule has 1 atom stereocenters. The SMILES string of the molecule is Cc1ccc(-c2csc(NC(=O)COC(=O)[C@H](C)N=C3NS(=O)(=O)c4ccccc43)n2)cc1. The zero-order chi connectivity index (χ0) is 23.6. The highest BCUT2D eigenvalue weighted by Gasteiger charge is 2.31. The number of sulfonamides is 1. The highest BCUT2D eigenvalue weighted by molar-refractivity contribution is 7.90. The Morgan fingerprint density at radius 1 is 1.18 bits per heavy atom. The highest BCUT2D eigenvalue weighted by Crippen LogP contribution is 2.25. The Morgan fingerprint density at radius 3 is 2.67 bits per heavy atom. The predicted octanol–water partition coefficient (Wildman–Crippen LogP) is 2.73. The van der Waals surface area contributed by atoms with Crippen LogP contribution < -0.4 is 10.0 Å². The van der Waals surface area contributed by atoms with Crippen LogP contribution in [-0.4, -0.2) is 43.8 Å². The first-order valence-corrected chi connectivity index (χ1v) is 12.3. The molecular formula is C22H20N4O5S2. The number of amidine groups is 1. The van der Waals surface area contributed by atoms with Gasteiger partial charge in [0.2, 0.25) is 0 Å². The van der Waals surface area contributed by atoms with E-state index in [1.54, 1.807) is 18.2 Å². The van der Waals surface area contributed by atoms with Crippen LogP contribution in [0.1, 0.15) is 18.1 Å². The van der Waals surface area contributed by atoms with Crippen molar-refractivity contribution >= 4 is 44.2 Å². The van der Waals surface area contributed by atoms with E-state index in [1.807, 2.05) is 36.6 Å². The molecule has 9 nitrogen and oxygen atoms in total. The summed E-state index contributed by atoms with van der Waals surface area (Å²) in [5.74, 6) is -1.24. The van der Waals surface area contributed by atoms with Crippen LogP contribution in [0.25, 0.3) is 11.3 Å². The summed E-state index contributed by atoms with van der Waals surface area (Å²) < 4.78 is 31.6. The first kappa shape index (κ1) is 22.6. The Labute approximate surface area is 194 Å². The number of nitrogens with one attached hydrogen (secondary N) is 2. The van der Waals surface area contributed by atoms with Gasteiger partial charge in [-0.15, -0.1) is 11.3 Å². The molecule has 2 heterocycles. The Hall–Kier alpha value is -3.57. The zero-order valence-corrected chi connectivity index (χ0v) is 19.4. The number of carbonyl (C=O) groups is 2. The summed E-state index contributed by atoms with van der Waals surface area (Å²) in [4.78, 5) is 33.0. The number of carbonyl (C=O) groups excluding carboxylic acids is 2. The number of aliphatic imine (C=N–C) groups is 1. The van der Waals surface area contributed by atoms with E-state index < -0.39 is 34.5 Å². The monoisotopic (exact) mass is 484 g/mol. The molecule has 1 aliphatic rings. The van der Waals surface area contributed by atoms with E-state index in [0.717, 1.165) is 16.8 Å². The minimum absolute atomic E-state index is 0.0610. The van der Waals surface area contributed by atoms with E-state index in [-0.39, 0.29) is 10.7 Å². The number of nitrogens with zero attached hydrogens (tertiary/aromatic N) is 2. The molecule has 0 saturated carbocycles. The van der Waals surface area contributed by atoms with Crippen LogP contribution in [0.2, 0.25) is 0 Å². The fourth-order valence-electron chi connectivity index (χ4n) is 3.08. The molecule has 0 unspecified atom stereocenters. The van der Waals surface area contributed by atoms with Crippen molar-refractivity contribution in [2.45, 2.75) is 24.8 Å². The summed E-state index contributed by atoms with van der Waals surface area (Å²) in [6.07, 6.45) is 0. The van der Waals surface area contributed by atoms with Gasteiger partial charge in [-0.1, -0.05) is 42.0 Å². The molecule has 33 heavy (non-hydrogen) atoms. The number of fused-ring (bicyclic) bond motifs is 1. The van der Waals surface area contributed by atoms with Crippen molar-refractivity contribution in [1.29, 1.82) is 0 Å². The van der Waals surface area contributed by atoms with Gasteiger partial charge in [0, 0.05) is 16.5 Å². The highest BCUT2D eigenvalue weighted by atomic mass is 32.2. The molecule has 4 rings (SSSR count). The molecule has 2 N–H and O–H groups in total. The largest absolute Gasteiger partial charge is 0.454 e. The maximum Gasteiger partial charge on any atom is 0.331 e. The summed E-state index contributed by atoms with van der Waals surface area (Å²) >= 11 is 1.26. The minimum Gasteiger partial charge on any atom is -0.454 e. The number of anilines is 1. The number of benzene rings is 2. The van der Waals surface area contributed by atoms with E-state index >= 15 is 0 Å². The zero-order valence-electron chi connectivity index (χ0n) is 17.7. The summed E-state index contributed by atoms with van der Waals surface area (Å²) in [7, 11) is -3.71. The molecule has 1 aliphatic heterocycles. The van der Waals surface area contributed by atoms with Crippen molar-refractivity contribution in [2.75, 3.05) is 11.9 Å². The molecule has 0 fully saturated rings. The Kier molecular flexibility index (Phi) is 6.25. The molecule has 3 aromatic rings. The number of amides is 1. The van der Waals surface area contributed by atoms with Crippen molar-refractivity contribution < 1.29 is 22.7 Å². The fraction of sp³-hybridized carbons (Fsp3) is 0.182. The van der Waals surface area contributed by atoms with Crippen LogP contribution >= 0.6 is 11.3 Å². The van der Waals surface area contributed by atoms with Crippen LogP contribution in [0.15, 0.2) is 63.8 Å².